The van der Waals surface area contributed by atoms with E-state index in [0.717, 1.165) is 9.13 Å². The Kier molecular flexibility index (Phi) is 7.86. The molecule has 0 aliphatic heterocycles. The summed E-state index contributed by atoms with van der Waals surface area (Å²) in [5, 5.41) is 30.2. The minimum atomic E-state index is -1.44. The number of anilines is 1. The Labute approximate surface area is 183 Å². The van der Waals surface area contributed by atoms with Crippen LogP contribution in [0.1, 0.15) is 37.0 Å². The molecule has 0 aliphatic rings. The van der Waals surface area contributed by atoms with Crippen molar-refractivity contribution < 1.29 is 19.7 Å². The molecule has 8 heteroatoms. The predicted molar refractivity (Wildman–Crippen MR) is 122 cm³/mol. The van der Waals surface area contributed by atoms with Crippen LogP contribution in [0, 0.1) is 8.98 Å². The van der Waals surface area contributed by atoms with E-state index in [1.54, 1.807) is 37.3 Å². The van der Waals surface area contributed by atoms with Crippen molar-refractivity contribution in [3.63, 3.8) is 0 Å². The number of halogens is 1. The van der Waals surface area contributed by atoms with Gasteiger partial charge in [-0.15, -0.1) is 0 Å². The standard InChI is InChI=1S/C21H26IN3O4/c1-3-13-11-15(22)12-17(18(13)29-10-9-26)21(4-2,20(27)28)25-16-7-5-14(6-8-16)19(23)24/h5-8,11-12,25-26H,3-4,9-10H2,1-2H3,(H3,23,24)(H,27,28). The fraction of sp³-hybridized carbons (Fsp3) is 0.333. The molecule has 0 heterocycles. The number of nitrogen functional groups attached to an aromatic ring is 1. The number of amidine groups is 1. The number of carboxylic acids is 1. The number of hydrogen-bond acceptors (Lipinski definition) is 5. The Morgan fingerprint density at radius 3 is 2.41 bits per heavy atom. The molecule has 0 aliphatic carbocycles. The third kappa shape index (κ3) is 4.99. The summed E-state index contributed by atoms with van der Waals surface area (Å²) < 4.78 is 6.71. The highest BCUT2D eigenvalue weighted by Gasteiger charge is 2.42. The van der Waals surface area contributed by atoms with E-state index in [9.17, 15) is 15.0 Å². The Bertz CT molecular complexity index is 886. The lowest BCUT2D eigenvalue weighted by molar-refractivity contribution is -0.142. The normalized spacial score (nSPS) is 12.8. The largest absolute Gasteiger partial charge is 0.491 e. The summed E-state index contributed by atoms with van der Waals surface area (Å²) in [5.74, 6) is -0.603. The van der Waals surface area contributed by atoms with Gasteiger partial charge in [0.05, 0.1) is 6.61 Å². The number of aliphatic hydroxyl groups excluding tert-OH is 1. The molecule has 1 atom stereocenters. The van der Waals surface area contributed by atoms with Crippen molar-refractivity contribution >= 4 is 40.1 Å². The smallest absolute Gasteiger partial charge is 0.334 e. The van der Waals surface area contributed by atoms with Gasteiger partial charge in [0.2, 0.25) is 0 Å². The van der Waals surface area contributed by atoms with Crippen molar-refractivity contribution in [2.75, 3.05) is 18.5 Å². The summed E-state index contributed by atoms with van der Waals surface area (Å²) in [7, 11) is 0. The lowest BCUT2D eigenvalue weighted by atomic mass is 9.84. The van der Waals surface area contributed by atoms with E-state index in [2.05, 4.69) is 27.9 Å². The quantitative estimate of drug-likeness (QED) is 0.189. The summed E-state index contributed by atoms with van der Waals surface area (Å²) in [6.45, 7) is 3.68. The van der Waals surface area contributed by atoms with Gasteiger partial charge >= 0.3 is 5.97 Å². The Morgan fingerprint density at radius 1 is 1.28 bits per heavy atom. The average Bonchev–Trinajstić information content (AvgIpc) is 2.70. The van der Waals surface area contributed by atoms with Crippen molar-refractivity contribution in [3.8, 4) is 5.75 Å². The third-order valence-corrected chi connectivity index (χ3v) is 5.38. The molecule has 29 heavy (non-hydrogen) atoms. The van der Waals surface area contributed by atoms with E-state index in [4.69, 9.17) is 15.9 Å². The second-order valence-electron chi connectivity index (χ2n) is 6.55. The second kappa shape index (κ2) is 9.93. The zero-order valence-corrected chi connectivity index (χ0v) is 18.6. The topological polar surface area (TPSA) is 129 Å². The Balaban J connectivity index is 2.63. The van der Waals surface area contributed by atoms with Gasteiger partial charge in [-0.2, -0.15) is 0 Å². The maximum atomic E-state index is 12.5. The summed E-state index contributed by atoms with van der Waals surface area (Å²) in [5.41, 5.74) is 6.61. The van der Waals surface area contributed by atoms with Crippen molar-refractivity contribution in [2.24, 2.45) is 5.73 Å². The van der Waals surface area contributed by atoms with Crippen molar-refractivity contribution in [3.05, 3.63) is 56.7 Å². The van der Waals surface area contributed by atoms with E-state index < -0.39 is 11.5 Å². The van der Waals surface area contributed by atoms with Crippen LogP contribution in [-0.4, -0.2) is 35.2 Å². The van der Waals surface area contributed by atoms with Crippen LogP contribution in [0.25, 0.3) is 0 Å². The molecule has 0 fully saturated rings. The summed E-state index contributed by atoms with van der Waals surface area (Å²) in [4.78, 5) is 12.5. The summed E-state index contributed by atoms with van der Waals surface area (Å²) >= 11 is 2.17. The molecule has 6 N–H and O–H groups in total. The van der Waals surface area contributed by atoms with Gasteiger partial charge in [0.15, 0.2) is 5.54 Å². The van der Waals surface area contributed by atoms with Crippen LogP contribution in [-0.2, 0) is 16.8 Å². The van der Waals surface area contributed by atoms with Crippen LogP contribution in [0.2, 0.25) is 0 Å². The number of aryl methyl sites for hydroxylation is 1. The van der Waals surface area contributed by atoms with Gasteiger partial charge in [0.25, 0.3) is 0 Å². The van der Waals surface area contributed by atoms with Crippen molar-refractivity contribution in [1.29, 1.82) is 5.41 Å². The maximum absolute atomic E-state index is 12.5. The van der Waals surface area contributed by atoms with Crippen LogP contribution in [0.5, 0.6) is 5.75 Å². The summed E-state index contributed by atoms with van der Waals surface area (Å²) in [6, 6.07) is 10.5. The number of aliphatic carboxylic acids is 1. The minimum Gasteiger partial charge on any atom is -0.491 e. The zero-order chi connectivity index (χ0) is 21.6. The predicted octanol–water partition coefficient (Wildman–Crippen LogP) is 3.31. The van der Waals surface area contributed by atoms with Crippen LogP contribution >= 0.6 is 22.6 Å². The Hall–Kier alpha value is -2.33. The number of hydrogen-bond donors (Lipinski definition) is 5. The highest BCUT2D eigenvalue weighted by molar-refractivity contribution is 14.1. The van der Waals surface area contributed by atoms with E-state index in [1.807, 2.05) is 13.0 Å². The number of nitrogens with one attached hydrogen (secondary N) is 2. The number of ether oxygens (including phenoxy) is 1. The average molecular weight is 511 g/mol. The molecule has 2 aromatic carbocycles. The molecule has 0 aromatic heterocycles. The fourth-order valence-corrected chi connectivity index (χ4v) is 3.88. The molecule has 0 saturated heterocycles. The highest BCUT2D eigenvalue weighted by Crippen LogP contribution is 2.40. The molecule has 2 rings (SSSR count). The molecule has 1 unspecified atom stereocenters. The molecule has 0 saturated carbocycles. The SMILES string of the molecule is CCc1cc(I)cc(C(CC)(Nc2ccc(C(=N)N)cc2)C(=O)O)c1OCCO. The number of benzene rings is 2. The fourth-order valence-electron chi connectivity index (χ4n) is 3.19. The summed E-state index contributed by atoms with van der Waals surface area (Å²) in [6.07, 6.45) is 0.923. The number of aliphatic hydroxyl groups is 1. The molecular weight excluding hydrogens is 485 g/mol. The number of carboxylic acid groups (broad SMARTS) is 1. The van der Waals surface area contributed by atoms with E-state index in [0.29, 0.717) is 29.0 Å². The molecule has 0 radical (unpaired) electrons. The van der Waals surface area contributed by atoms with E-state index in [1.165, 1.54) is 0 Å². The van der Waals surface area contributed by atoms with Crippen molar-refractivity contribution in [2.45, 2.75) is 32.2 Å². The van der Waals surface area contributed by atoms with Crippen LogP contribution in [0.15, 0.2) is 36.4 Å². The first kappa shape index (κ1) is 23.0. The molecule has 0 amide bonds. The van der Waals surface area contributed by atoms with Crippen LogP contribution in [0.4, 0.5) is 5.69 Å². The van der Waals surface area contributed by atoms with Gasteiger partial charge in [-0.3, -0.25) is 5.41 Å². The van der Waals surface area contributed by atoms with Crippen LogP contribution in [0.3, 0.4) is 0 Å². The second-order valence-corrected chi connectivity index (χ2v) is 7.79. The first-order valence-electron chi connectivity index (χ1n) is 9.31. The molecule has 2 aromatic rings. The number of rotatable bonds is 10. The zero-order valence-electron chi connectivity index (χ0n) is 16.5. The molecule has 156 valence electrons. The first-order valence-corrected chi connectivity index (χ1v) is 10.4. The van der Waals surface area contributed by atoms with Crippen molar-refractivity contribution in [1.82, 2.24) is 0 Å². The lowest BCUT2D eigenvalue weighted by Crippen LogP contribution is -2.43. The number of nitrogens with two attached hydrogens (primary N) is 1. The van der Waals surface area contributed by atoms with Crippen LogP contribution < -0.4 is 15.8 Å². The van der Waals surface area contributed by atoms with Gasteiger partial charge in [-0.05, 0) is 77.4 Å². The molecule has 7 nitrogen and oxygen atoms in total. The highest BCUT2D eigenvalue weighted by atomic mass is 127. The van der Waals surface area contributed by atoms with E-state index >= 15 is 0 Å². The van der Waals surface area contributed by atoms with Gasteiger partial charge in [-0.25, -0.2) is 4.79 Å². The minimum absolute atomic E-state index is 0.0542. The molecule has 0 spiro atoms. The van der Waals surface area contributed by atoms with Gasteiger partial charge < -0.3 is 26.0 Å². The van der Waals surface area contributed by atoms with Gasteiger partial charge in [0.1, 0.15) is 18.2 Å². The molecule has 0 bridgehead atoms. The molecular formula is C21H26IN3O4. The van der Waals surface area contributed by atoms with Gasteiger partial charge in [-0.1, -0.05) is 13.8 Å². The Morgan fingerprint density at radius 2 is 1.93 bits per heavy atom. The first-order chi connectivity index (χ1) is 13.8. The maximum Gasteiger partial charge on any atom is 0.334 e. The van der Waals surface area contributed by atoms with Gasteiger partial charge in [0, 0.05) is 20.4 Å². The lowest BCUT2D eigenvalue weighted by Gasteiger charge is -2.33. The van der Waals surface area contributed by atoms with E-state index in [-0.39, 0.29) is 25.5 Å². The third-order valence-electron chi connectivity index (χ3n) is 4.76. The number of carbonyl (C=O) groups is 1. The monoisotopic (exact) mass is 511 g/mol.